The van der Waals surface area contributed by atoms with E-state index in [0.717, 1.165) is 0 Å². The summed E-state index contributed by atoms with van der Waals surface area (Å²) >= 11 is 0. The van der Waals surface area contributed by atoms with Gasteiger partial charge in [-0.15, -0.1) is 0 Å². The van der Waals surface area contributed by atoms with Crippen LogP contribution in [0.25, 0.3) is 0 Å². The fourth-order valence-electron chi connectivity index (χ4n) is 0.406. The van der Waals surface area contributed by atoms with E-state index in [4.69, 9.17) is 5.73 Å². The van der Waals surface area contributed by atoms with Crippen LogP contribution in [0.1, 0.15) is 6.42 Å². The van der Waals surface area contributed by atoms with Crippen molar-refractivity contribution >= 4 is 12.3 Å². The Labute approximate surface area is 59.1 Å². The predicted octanol–water partition coefficient (Wildman–Crippen LogP) is -0.925. The first-order valence-corrected chi connectivity index (χ1v) is 2.83. The van der Waals surface area contributed by atoms with Crippen LogP contribution in [0.4, 0.5) is 0 Å². The minimum atomic E-state index is -0.477. The number of hydrogen-bond donors (Lipinski definition) is 2. The van der Waals surface area contributed by atoms with E-state index in [1.165, 1.54) is 12.5 Å². The maximum absolute atomic E-state index is 10.1. The maximum Gasteiger partial charge on any atom is 0.309 e. The highest BCUT2D eigenvalue weighted by Crippen LogP contribution is 1.77. The molecule has 10 heavy (non-hydrogen) atoms. The second-order valence-electron chi connectivity index (χ2n) is 1.62. The van der Waals surface area contributed by atoms with Crippen LogP contribution >= 0.6 is 0 Å². The van der Waals surface area contributed by atoms with E-state index in [2.05, 4.69) is 5.32 Å². The van der Waals surface area contributed by atoms with Crippen LogP contribution in [0.5, 0.6) is 0 Å². The number of carbonyl (C=O) groups excluding carboxylic acids is 2. The molecule has 0 heterocycles. The summed E-state index contributed by atoms with van der Waals surface area (Å²) in [5, 5.41) is 2.31. The molecule has 0 aliphatic heterocycles. The van der Waals surface area contributed by atoms with Gasteiger partial charge in [0.1, 0.15) is 0 Å². The average Bonchev–Trinajstić information content (AvgIpc) is 1.87. The Morgan fingerprint density at radius 1 is 1.70 bits per heavy atom. The van der Waals surface area contributed by atoms with Gasteiger partial charge in [0.25, 0.3) is 0 Å². The van der Waals surface area contributed by atoms with E-state index >= 15 is 0 Å². The third-order valence-electron chi connectivity index (χ3n) is 0.790. The van der Waals surface area contributed by atoms with Crippen LogP contribution in [0.3, 0.4) is 0 Å². The fourth-order valence-corrected chi connectivity index (χ4v) is 0.406. The smallest absolute Gasteiger partial charge is 0.309 e. The van der Waals surface area contributed by atoms with Crippen molar-refractivity contribution in [2.24, 2.45) is 5.73 Å². The lowest BCUT2D eigenvalue weighted by molar-refractivity contribution is -0.113. The van der Waals surface area contributed by atoms with Crippen molar-refractivity contribution in [2.45, 2.75) is 6.42 Å². The molecule has 0 fully saturated rings. The zero-order chi connectivity index (χ0) is 7.82. The van der Waals surface area contributed by atoms with Gasteiger partial charge in [0.2, 0.25) is 5.91 Å². The van der Waals surface area contributed by atoms with E-state index in [-0.39, 0.29) is 0 Å². The molecule has 0 saturated carbocycles. The first-order valence-electron chi connectivity index (χ1n) is 2.83. The molecule has 4 nitrogen and oxygen atoms in total. The Hall–Kier alpha value is -1.32. The molecule has 4 heteroatoms. The summed E-state index contributed by atoms with van der Waals surface area (Å²) in [4.78, 5) is 19.6. The average molecular weight is 141 g/mol. The van der Waals surface area contributed by atoms with Crippen molar-refractivity contribution in [3.05, 3.63) is 12.2 Å². The third-order valence-corrected chi connectivity index (χ3v) is 0.790. The second-order valence-corrected chi connectivity index (χ2v) is 1.62. The summed E-state index contributed by atoms with van der Waals surface area (Å²) in [5.74, 6) is -0.477. The van der Waals surface area contributed by atoms with Crippen molar-refractivity contribution < 1.29 is 9.59 Å². The van der Waals surface area contributed by atoms with Gasteiger partial charge in [-0.2, -0.15) is 0 Å². The van der Waals surface area contributed by atoms with Crippen LogP contribution in [0, 0.1) is 0 Å². The van der Waals surface area contributed by atoms with Gasteiger partial charge in [0.05, 0.1) is 0 Å². The molecule has 0 unspecified atom stereocenters. The van der Waals surface area contributed by atoms with Gasteiger partial charge in [-0.1, -0.05) is 6.08 Å². The minimum absolute atomic E-state index is 0.477. The van der Waals surface area contributed by atoms with E-state index in [1.54, 1.807) is 6.08 Å². The van der Waals surface area contributed by atoms with Crippen LogP contribution in [-0.2, 0) is 9.59 Å². The molecule has 2 amide bonds. The molecule has 0 aromatic rings. The molecule has 3 N–H and O–H groups in total. The van der Waals surface area contributed by atoms with Crippen LogP contribution in [-0.4, -0.2) is 18.9 Å². The number of rotatable bonds is 5. The summed E-state index contributed by atoms with van der Waals surface area (Å²) in [6.07, 6.45) is 4.95. The Morgan fingerprint density at radius 2 is 2.40 bits per heavy atom. The topological polar surface area (TPSA) is 72.2 Å². The van der Waals surface area contributed by atoms with E-state index in [0.29, 0.717) is 13.0 Å². The molecule has 1 radical (unpaired) electrons. The molecular weight excluding hydrogens is 132 g/mol. The first-order chi connectivity index (χ1) is 4.77. The Bertz CT molecular complexity index is 143. The maximum atomic E-state index is 10.1. The molecule has 0 spiro atoms. The second kappa shape index (κ2) is 5.81. The SMILES string of the molecule is NC(=O)C=CCCN[C]=O. The molecule has 0 aromatic carbocycles. The molecule has 0 aromatic heterocycles. The zero-order valence-electron chi connectivity index (χ0n) is 5.46. The van der Waals surface area contributed by atoms with Crippen molar-refractivity contribution in [1.29, 1.82) is 0 Å². The summed E-state index contributed by atoms with van der Waals surface area (Å²) in [6.45, 7) is 0.479. The largest absolute Gasteiger partial charge is 0.366 e. The molecule has 0 atom stereocenters. The number of amides is 2. The molecule has 0 saturated heterocycles. The number of hydrogen-bond acceptors (Lipinski definition) is 2. The summed E-state index contributed by atoms with van der Waals surface area (Å²) < 4.78 is 0. The molecular formula is C6H9N2O2. The number of primary amides is 1. The van der Waals surface area contributed by atoms with Gasteiger partial charge in [0.15, 0.2) is 0 Å². The molecule has 0 aliphatic rings. The van der Waals surface area contributed by atoms with Gasteiger partial charge >= 0.3 is 6.41 Å². The van der Waals surface area contributed by atoms with Crippen molar-refractivity contribution in [3.8, 4) is 0 Å². The van der Waals surface area contributed by atoms with Crippen LogP contribution in [0.2, 0.25) is 0 Å². The normalized spacial score (nSPS) is 9.60. The van der Waals surface area contributed by atoms with E-state index in [1.807, 2.05) is 0 Å². The Balaban J connectivity index is 3.18. The Kier molecular flexibility index (Phi) is 5.04. The third kappa shape index (κ3) is 6.68. The number of carbonyl (C=O) groups is 1. The van der Waals surface area contributed by atoms with Crippen molar-refractivity contribution in [3.63, 3.8) is 0 Å². The van der Waals surface area contributed by atoms with Crippen molar-refractivity contribution in [1.82, 2.24) is 5.32 Å². The summed E-state index contributed by atoms with van der Waals surface area (Å²) in [7, 11) is 0. The predicted molar refractivity (Wildman–Crippen MR) is 36.6 cm³/mol. The molecule has 0 aliphatic carbocycles. The van der Waals surface area contributed by atoms with Gasteiger partial charge in [-0.25, -0.2) is 0 Å². The quantitative estimate of drug-likeness (QED) is 0.295. The minimum Gasteiger partial charge on any atom is -0.366 e. The van der Waals surface area contributed by atoms with Crippen molar-refractivity contribution in [2.75, 3.05) is 6.54 Å². The lowest BCUT2D eigenvalue weighted by atomic mass is 10.4. The Morgan fingerprint density at radius 3 is 2.90 bits per heavy atom. The highest BCUT2D eigenvalue weighted by molar-refractivity contribution is 5.85. The number of nitrogens with one attached hydrogen (secondary N) is 1. The van der Waals surface area contributed by atoms with E-state index < -0.39 is 5.91 Å². The fraction of sp³-hybridized carbons (Fsp3) is 0.333. The lowest BCUT2D eigenvalue weighted by Crippen LogP contribution is -2.11. The summed E-state index contributed by atoms with van der Waals surface area (Å²) in [5.41, 5.74) is 4.78. The van der Waals surface area contributed by atoms with Gasteiger partial charge < -0.3 is 11.1 Å². The van der Waals surface area contributed by atoms with Crippen LogP contribution < -0.4 is 11.1 Å². The highest BCUT2D eigenvalue weighted by Gasteiger charge is 1.82. The van der Waals surface area contributed by atoms with Gasteiger partial charge in [-0.3, -0.25) is 9.59 Å². The standard InChI is InChI=1S/C6H9N2O2/c7-6(10)3-1-2-4-8-5-9/h1,3H,2,4H2,(H2,7,10)(H,8,9). The zero-order valence-corrected chi connectivity index (χ0v) is 5.46. The first kappa shape index (κ1) is 8.68. The lowest BCUT2D eigenvalue weighted by Gasteiger charge is -1.88. The van der Waals surface area contributed by atoms with Gasteiger partial charge in [0, 0.05) is 6.54 Å². The van der Waals surface area contributed by atoms with Gasteiger partial charge in [-0.05, 0) is 12.5 Å². The highest BCUT2D eigenvalue weighted by atomic mass is 16.1. The molecule has 0 bridgehead atoms. The number of nitrogens with two attached hydrogens (primary N) is 1. The monoisotopic (exact) mass is 141 g/mol. The molecule has 0 rings (SSSR count). The molecule has 55 valence electrons. The van der Waals surface area contributed by atoms with Crippen LogP contribution in [0.15, 0.2) is 12.2 Å². The summed E-state index contributed by atoms with van der Waals surface area (Å²) in [6, 6.07) is 0. The van der Waals surface area contributed by atoms with E-state index in [9.17, 15) is 9.59 Å².